The number of para-hydroxylation sites is 2. The Morgan fingerprint density at radius 3 is 2.09 bits per heavy atom. The molecule has 0 spiro atoms. The van der Waals surface area contributed by atoms with Gasteiger partial charge < -0.3 is 14.8 Å². The fraction of sp³-hybridized carbons (Fsp3) is 0.379. The SMILES string of the molecule is COc1ccccc1CNC1C2CCN(CC2)C1Cc1ccccc1-c1ccccc1OC. The minimum absolute atomic E-state index is 0.475. The Labute approximate surface area is 197 Å². The van der Waals surface area contributed by atoms with Crippen LogP contribution in [0.5, 0.6) is 11.5 Å². The molecular weight excluding hydrogens is 408 g/mol. The summed E-state index contributed by atoms with van der Waals surface area (Å²) in [6, 6.07) is 26.5. The number of rotatable bonds is 8. The van der Waals surface area contributed by atoms with E-state index < -0.39 is 0 Å². The van der Waals surface area contributed by atoms with Crippen LogP contribution in [0.4, 0.5) is 0 Å². The molecule has 3 aliphatic heterocycles. The van der Waals surface area contributed by atoms with Crippen molar-refractivity contribution in [3.63, 3.8) is 0 Å². The molecular formula is C29H34N2O2. The Balaban J connectivity index is 1.41. The molecule has 0 saturated carbocycles. The lowest BCUT2D eigenvalue weighted by molar-refractivity contribution is 0.0127. The van der Waals surface area contributed by atoms with Crippen LogP contribution >= 0.6 is 0 Å². The fourth-order valence-electron chi connectivity index (χ4n) is 5.84. The first-order valence-corrected chi connectivity index (χ1v) is 12.1. The second kappa shape index (κ2) is 9.98. The van der Waals surface area contributed by atoms with Crippen LogP contribution in [-0.4, -0.2) is 44.3 Å². The van der Waals surface area contributed by atoms with Gasteiger partial charge >= 0.3 is 0 Å². The Hall–Kier alpha value is -2.82. The first-order chi connectivity index (χ1) is 16.3. The Morgan fingerprint density at radius 2 is 1.36 bits per heavy atom. The minimum Gasteiger partial charge on any atom is -0.496 e. The van der Waals surface area contributed by atoms with Crippen molar-refractivity contribution in [3.8, 4) is 22.6 Å². The highest BCUT2D eigenvalue weighted by molar-refractivity contribution is 5.73. The van der Waals surface area contributed by atoms with Gasteiger partial charge in [0, 0.05) is 29.8 Å². The van der Waals surface area contributed by atoms with E-state index in [1.165, 1.54) is 48.2 Å². The number of hydrogen-bond donors (Lipinski definition) is 1. The maximum atomic E-state index is 5.69. The van der Waals surface area contributed by atoms with Crippen LogP contribution in [0.2, 0.25) is 0 Å². The number of ether oxygens (including phenoxy) is 2. The molecule has 4 heteroatoms. The summed E-state index contributed by atoms with van der Waals surface area (Å²) in [5, 5.41) is 3.95. The molecule has 0 aromatic heterocycles. The third-order valence-corrected chi connectivity index (χ3v) is 7.53. The molecule has 3 aliphatic rings. The quantitative estimate of drug-likeness (QED) is 0.522. The maximum Gasteiger partial charge on any atom is 0.126 e. The Bertz CT molecular complexity index is 1070. The molecule has 3 saturated heterocycles. The van der Waals surface area contributed by atoms with E-state index in [1.807, 2.05) is 12.1 Å². The van der Waals surface area contributed by atoms with E-state index in [0.717, 1.165) is 30.4 Å². The summed E-state index contributed by atoms with van der Waals surface area (Å²) in [7, 11) is 3.51. The van der Waals surface area contributed by atoms with Crippen molar-refractivity contribution in [2.75, 3.05) is 27.3 Å². The summed E-state index contributed by atoms with van der Waals surface area (Å²) in [5.41, 5.74) is 5.07. The number of hydrogen-bond acceptors (Lipinski definition) is 4. The summed E-state index contributed by atoms with van der Waals surface area (Å²) in [4.78, 5) is 2.71. The van der Waals surface area contributed by atoms with Gasteiger partial charge in [-0.2, -0.15) is 0 Å². The third kappa shape index (κ3) is 4.50. The monoisotopic (exact) mass is 442 g/mol. The highest BCUT2D eigenvalue weighted by atomic mass is 16.5. The maximum absolute atomic E-state index is 5.69. The zero-order chi connectivity index (χ0) is 22.6. The van der Waals surface area contributed by atoms with Gasteiger partial charge in [-0.15, -0.1) is 0 Å². The third-order valence-electron chi connectivity index (χ3n) is 7.53. The Morgan fingerprint density at radius 1 is 0.758 bits per heavy atom. The first kappa shape index (κ1) is 22.0. The normalized spacial score (nSPS) is 23.9. The van der Waals surface area contributed by atoms with E-state index >= 15 is 0 Å². The lowest BCUT2D eigenvalue weighted by Gasteiger charge is -2.51. The molecule has 6 rings (SSSR count). The molecule has 3 aromatic carbocycles. The zero-order valence-corrected chi connectivity index (χ0v) is 19.7. The second-order valence-electron chi connectivity index (χ2n) is 9.22. The smallest absolute Gasteiger partial charge is 0.126 e. The second-order valence-corrected chi connectivity index (χ2v) is 9.22. The van der Waals surface area contributed by atoms with Crippen LogP contribution in [0, 0.1) is 5.92 Å². The molecule has 2 bridgehead atoms. The van der Waals surface area contributed by atoms with Crippen LogP contribution in [0.25, 0.3) is 11.1 Å². The molecule has 1 N–H and O–H groups in total. The summed E-state index contributed by atoms with van der Waals surface area (Å²) in [5.74, 6) is 2.62. The predicted molar refractivity (Wildman–Crippen MR) is 134 cm³/mol. The highest BCUT2D eigenvalue weighted by Crippen LogP contribution is 2.37. The lowest BCUT2D eigenvalue weighted by atomic mass is 9.76. The van der Waals surface area contributed by atoms with E-state index in [4.69, 9.17) is 9.47 Å². The summed E-state index contributed by atoms with van der Waals surface area (Å²) >= 11 is 0. The predicted octanol–water partition coefficient (Wildman–Crippen LogP) is 5.17. The van der Waals surface area contributed by atoms with Crippen molar-refractivity contribution in [1.29, 1.82) is 0 Å². The number of methoxy groups -OCH3 is 2. The van der Waals surface area contributed by atoms with Gasteiger partial charge in [-0.05, 0) is 61.5 Å². The molecule has 3 heterocycles. The molecule has 3 aromatic rings. The Kier molecular flexibility index (Phi) is 6.65. The van der Waals surface area contributed by atoms with Gasteiger partial charge in [0.2, 0.25) is 0 Å². The van der Waals surface area contributed by atoms with Gasteiger partial charge in [-0.25, -0.2) is 0 Å². The van der Waals surface area contributed by atoms with E-state index in [9.17, 15) is 0 Å². The standard InChI is InChI=1S/C29H34N2O2/c1-32-27-13-7-4-10-23(27)20-30-29-21-15-17-31(18-16-21)26(29)19-22-9-3-5-11-24(22)25-12-6-8-14-28(25)33-2/h3-14,21,26,29-30H,15-20H2,1-2H3. The fourth-order valence-corrected chi connectivity index (χ4v) is 5.84. The summed E-state index contributed by atoms with van der Waals surface area (Å²) in [6.45, 7) is 3.25. The van der Waals surface area contributed by atoms with Crippen molar-refractivity contribution in [2.45, 2.75) is 37.9 Å². The van der Waals surface area contributed by atoms with Gasteiger partial charge in [0.05, 0.1) is 14.2 Å². The van der Waals surface area contributed by atoms with Gasteiger partial charge in [-0.1, -0.05) is 60.7 Å². The molecule has 0 amide bonds. The average Bonchev–Trinajstić information content (AvgIpc) is 2.89. The highest BCUT2D eigenvalue weighted by Gasteiger charge is 2.42. The topological polar surface area (TPSA) is 33.7 Å². The van der Waals surface area contributed by atoms with Crippen molar-refractivity contribution in [1.82, 2.24) is 10.2 Å². The molecule has 0 aliphatic carbocycles. The molecule has 0 radical (unpaired) electrons. The number of piperidine rings is 3. The van der Waals surface area contributed by atoms with Crippen LogP contribution < -0.4 is 14.8 Å². The molecule has 3 fully saturated rings. The molecule has 33 heavy (non-hydrogen) atoms. The van der Waals surface area contributed by atoms with E-state index in [0.29, 0.717) is 12.1 Å². The largest absolute Gasteiger partial charge is 0.496 e. The number of nitrogens with one attached hydrogen (secondary N) is 1. The molecule has 172 valence electrons. The molecule has 4 nitrogen and oxygen atoms in total. The molecule has 2 unspecified atom stereocenters. The van der Waals surface area contributed by atoms with Crippen LogP contribution in [0.1, 0.15) is 24.0 Å². The van der Waals surface area contributed by atoms with Crippen molar-refractivity contribution in [2.24, 2.45) is 5.92 Å². The van der Waals surface area contributed by atoms with E-state index in [1.54, 1.807) is 14.2 Å². The zero-order valence-electron chi connectivity index (χ0n) is 19.7. The van der Waals surface area contributed by atoms with Crippen LogP contribution in [-0.2, 0) is 13.0 Å². The van der Waals surface area contributed by atoms with Gasteiger partial charge in [0.1, 0.15) is 11.5 Å². The van der Waals surface area contributed by atoms with Crippen LogP contribution in [0.3, 0.4) is 0 Å². The van der Waals surface area contributed by atoms with Crippen molar-refractivity contribution in [3.05, 3.63) is 83.9 Å². The first-order valence-electron chi connectivity index (χ1n) is 12.1. The number of fused-ring (bicyclic) bond motifs is 3. The van der Waals surface area contributed by atoms with Crippen LogP contribution in [0.15, 0.2) is 72.8 Å². The molecule has 2 atom stereocenters. The van der Waals surface area contributed by atoms with Gasteiger partial charge in [0.15, 0.2) is 0 Å². The van der Waals surface area contributed by atoms with Crippen molar-refractivity contribution < 1.29 is 9.47 Å². The number of benzene rings is 3. The van der Waals surface area contributed by atoms with E-state index in [2.05, 4.69) is 70.9 Å². The minimum atomic E-state index is 0.475. The average molecular weight is 443 g/mol. The summed E-state index contributed by atoms with van der Waals surface area (Å²) in [6.07, 6.45) is 3.61. The lowest BCUT2D eigenvalue weighted by Crippen LogP contribution is -2.63. The van der Waals surface area contributed by atoms with Gasteiger partial charge in [-0.3, -0.25) is 4.90 Å². The van der Waals surface area contributed by atoms with Crippen molar-refractivity contribution >= 4 is 0 Å². The van der Waals surface area contributed by atoms with Gasteiger partial charge in [0.25, 0.3) is 0 Å². The van der Waals surface area contributed by atoms with E-state index in [-0.39, 0.29) is 0 Å². The number of nitrogens with zero attached hydrogens (tertiary/aromatic N) is 1. The summed E-state index contributed by atoms with van der Waals surface area (Å²) < 4.78 is 11.3.